The van der Waals surface area contributed by atoms with Gasteiger partial charge in [0.25, 0.3) is 0 Å². The second-order valence-corrected chi connectivity index (χ2v) is 7.49. The van der Waals surface area contributed by atoms with Crippen molar-refractivity contribution in [1.82, 2.24) is 0 Å². The van der Waals surface area contributed by atoms with E-state index in [0.717, 1.165) is 5.56 Å². The zero-order chi connectivity index (χ0) is 18.4. The Bertz CT molecular complexity index is 734. The van der Waals surface area contributed by atoms with E-state index in [0.29, 0.717) is 11.4 Å². The van der Waals surface area contributed by atoms with Gasteiger partial charge in [-0.1, -0.05) is 39.0 Å². The first-order chi connectivity index (χ1) is 11.7. The van der Waals surface area contributed by atoms with Gasteiger partial charge in [-0.3, -0.25) is 9.59 Å². The van der Waals surface area contributed by atoms with Crippen LogP contribution in [0.3, 0.4) is 0 Å². The number of carbonyl (C=O) groups is 2. The number of aliphatic carboxylic acids is 1. The number of nitrogens with one attached hydrogen (secondary N) is 1. The topological polar surface area (TPSA) is 84.9 Å². The number of anilines is 1. The number of carboxylic acids is 1. The molecule has 0 spiro atoms. The average molecular weight is 345 g/mol. The molecule has 2 aliphatic heterocycles. The molecule has 4 atom stereocenters. The van der Waals surface area contributed by atoms with E-state index in [9.17, 15) is 14.7 Å². The van der Waals surface area contributed by atoms with Crippen LogP contribution >= 0.6 is 0 Å². The van der Waals surface area contributed by atoms with Gasteiger partial charge in [-0.25, -0.2) is 0 Å². The number of hydrogen-bond acceptors (Lipinski definition) is 4. The molecule has 1 aromatic carbocycles. The van der Waals surface area contributed by atoms with Gasteiger partial charge in [0, 0.05) is 0 Å². The molecule has 2 heterocycles. The Balaban J connectivity index is 1.88. The zero-order valence-corrected chi connectivity index (χ0v) is 14.8. The van der Waals surface area contributed by atoms with Crippen LogP contribution in [0, 0.1) is 11.8 Å². The molecule has 1 amide bonds. The van der Waals surface area contributed by atoms with Crippen molar-refractivity contribution in [3.63, 3.8) is 0 Å². The smallest absolute Gasteiger partial charge is 0.310 e. The number of benzene rings is 1. The molecule has 6 nitrogen and oxygen atoms in total. The molecule has 2 aliphatic rings. The van der Waals surface area contributed by atoms with Crippen LogP contribution in [0.25, 0.3) is 0 Å². The number of carbonyl (C=O) groups excluding carboxylic acids is 1. The summed E-state index contributed by atoms with van der Waals surface area (Å²) in [6.07, 6.45) is 2.44. The van der Waals surface area contributed by atoms with Crippen LogP contribution in [0.1, 0.15) is 26.3 Å². The first kappa shape index (κ1) is 17.5. The standard InChI is InChI=1S/C19H23NO5/c1-19(2,3)10-5-6-12(24-4)11(9-10)20-17(21)15-13-7-8-14(25-13)16(15)18(22)23/h5-9,13-16H,1-4H3,(H,20,21)(H,22,23)/t13-,14-,15-,16+/m1/s1. The van der Waals surface area contributed by atoms with Crippen LogP contribution in [-0.2, 0) is 19.7 Å². The fourth-order valence-corrected chi connectivity index (χ4v) is 3.40. The summed E-state index contributed by atoms with van der Waals surface area (Å²) in [6, 6.07) is 5.64. The molecule has 1 saturated heterocycles. The Morgan fingerprint density at radius 3 is 2.36 bits per heavy atom. The minimum absolute atomic E-state index is 0.0897. The summed E-state index contributed by atoms with van der Waals surface area (Å²) in [5.74, 6) is -2.48. The summed E-state index contributed by atoms with van der Waals surface area (Å²) in [5, 5.41) is 12.3. The van der Waals surface area contributed by atoms with Crippen LogP contribution < -0.4 is 10.1 Å². The molecule has 3 rings (SSSR count). The highest BCUT2D eigenvalue weighted by molar-refractivity contribution is 5.97. The monoisotopic (exact) mass is 345 g/mol. The molecule has 0 aromatic heterocycles. The number of ether oxygens (including phenoxy) is 2. The maximum Gasteiger partial charge on any atom is 0.310 e. The molecule has 0 radical (unpaired) electrons. The third-order valence-corrected chi connectivity index (χ3v) is 4.81. The molecule has 1 fully saturated rings. The van der Waals surface area contributed by atoms with E-state index in [1.54, 1.807) is 12.2 Å². The Morgan fingerprint density at radius 2 is 1.80 bits per heavy atom. The summed E-state index contributed by atoms with van der Waals surface area (Å²) in [4.78, 5) is 24.4. The lowest BCUT2D eigenvalue weighted by Crippen LogP contribution is -2.39. The van der Waals surface area contributed by atoms with E-state index in [-0.39, 0.29) is 11.3 Å². The van der Waals surface area contributed by atoms with E-state index in [1.165, 1.54) is 7.11 Å². The Labute approximate surface area is 146 Å². The number of fused-ring (bicyclic) bond motifs is 2. The normalized spacial score (nSPS) is 27.4. The fraction of sp³-hybridized carbons (Fsp3) is 0.474. The largest absolute Gasteiger partial charge is 0.495 e. The van der Waals surface area contributed by atoms with Crippen molar-refractivity contribution in [2.45, 2.75) is 38.4 Å². The first-order valence-electron chi connectivity index (χ1n) is 8.28. The summed E-state index contributed by atoms with van der Waals surface area (Å²) >= 11 is 0. The van der Waals surface area contributed by atoms with Gasteiger partial charge >= 0.3 is 5.97 Å². The lowest BCUT2D eigenvalue weighted by Gasteiger charge is -2.24. The van der Waals surface area contributed by atoms with Gasteiger partial charge in [0.15, 0.2) is 0 Å². The summed E-state index contributed by atoms with van der Waals surface area (Å²) in [7, 11) is 1.53. The molecule has 1 aromatic rings. The lowest BCUT2D eigenvalue weighted by atomic mass is 9.82. The molecular formula is C19H23NO5. The molecule has 0 aliphatic carbocycles. The van der Waals surface area contributed by atoms with Crippen LogP contribution in [-0.4, -0.2) is 36.3 Å². The summed E-state index contributed by atoms with van der Waals surface area (Å²) in [6.45, 7) is 6.24. The molecule has 0 unspecified atom stereocenters. The highest BCUT2D eigenvalue weighted by Crippen LogP contribution is 2.40. The molecular weight excluding hydrogens is 322 g/mol. The second kappa shape index (κ2) is 6.19. The predicted octanol–water partition coefficient (Wildman–Crippen LogP) is 2.59. The number of carboxylic acid groups (broad SMARTS) is 1. The summed E-state index contributed by atoms with van der Waals surface area (Å²) < 4.78 is 10.9. The van der Waals surface area contributed by atoms with Crippen LogP contribution in [0.4, 0.5) is 5.69 Å². The third-order valence-electron chi connectivity index (χ3n) is 4.81. The molecule has 6 heteroatoms. The lowest BCUT2D eigenvalue weighted by molar-refractivity contribution is -0.145. The Hall–Kier alpha value is -2.34. The van der Waals surface area contributed by atoms with Crippen LogP contribution in [0.2, 0.25) is 0 Å². The molecule has 25 heavy (non-hydrogen) atoms. The minimum atomic E-state index is -1.02. The molecule has 0 saturated carbocycles. The molecule has 2 N–H and O–H groups in total. The van der Waals surface area contributed by atoms with E-state index >= 15 is 0 Å². The Kier molecular flexibility index (Phi) is 4.33. The van der Waals surface area contributed by atoms with Gasteiger partial charge in [-0.2, -0.15) is 0 Å². The van der Waals surface area contributed by atoms with Gasteiger partial charge in [0.05, 0.1) is 30.9 Å². The molecule has 134 valence electrons. The van der Waals surface area contributed by atoms with E-state index in [4.69, 9.17) is 9.47 Å². The van der Waals surface area contributed by atoms with Crippen molar-refractivity contribution >= 4 is 17.6 Å². The fourth-order valence-electron chi connectivity index (χ4n) is 3.40. The van der Waals surface area contributed by atoms with Gasteiger partial charge < -0.3 is 19.9 Å². The maximum absolute atomic E-state index is 12.8. The predicted molar refractivity (Wildman–Crippen MR) is 92.7 cm³/mol. The Morgan fingerprint density at radius 1 is 1.16 bits per heavy atom. The van der Waals surface area contributed by atoms with Gasteiger partial charge in [0.1, 0.15) is 11.7 Å². The van der Waals surface area contributed by atoms with Crippen LogP contribution in [0.15, 0.2) is 30.4 Å². The minimum Gasteiger partial charge on any atom is -0.495 e. The van der Waals surface area contributed by atoms with Crippen molar-refractivity contribution in [3.8, 4) is 5.75 Å². The van der Waals surface area contributed by atoms with E-state index < -0.39 is 30.0 Å². The SMILES string of the molecule is COc1ccc(C(C)(C)C)cc1NC(=O)[C@H]1[C@@H](C(=O)O)[C@H]2C=C[C@H]1O2. The average Bonchev–Trinajstić information content (AvgIpc) is 3.14. The summed E-state index contributed by atoms with van der Waals surface area (Å²) in [5.41, 5.74) is 1.49. The van der Waals surface area contributed by atoms with Crippen LogP contribution in [0.5, 0.6) is 5.75 Å². The number of hydrogen-bond donors (Lipinski definition) is 2. The van der Waals surface area contributed by atoms with Crippen molar-refractivity contribution in [3.05, 3.63) is 35.9 Å². The van der Waals surface area contributed by atoms with Crippen molar-refractivity contribution in [1.29, 1.82) is 0 Å². The maximum atomic E-state index is 12.8. The first-order valence-corrected chi connectivity index (χ1v) is 8.28. The highest BCUT2D eigenvalue weighted by atomic mass is 16.5. The highest BCUT2D eigenvalue weighted by Gasteiger charge is 2.53. The third kappa shape index (κ3) is 3.14. The van der Waals surface area contributed by atoms with Gasteiger partial charge in [-0.05, 0) is 23.1 Å². The van der Waals surface area contributed by atoms with E-state index in [2.05, 4.69) is 26.1 Å². The van der Waals surface area contributed by atoms with Gasteiger partial charge in [0.2, 0.25) is 5.91 Å². The zero-order valence-electron chi connectivity index (χ0n) is 14.8. The second-order valence-electron chi connectivity index (χ2n) is 7.49. The number of rotatable bonds is 4. The van der Waals surface area contributed by atoms with Crippen molar-refractivity contribution < 1.29 is 24.2 Å². The van der Waals surface area contributed by atoms with Crippen molar-refractivity contribution in [2.24, 2.45) is 11.8 Å². The number of methoxy groups -OCH3 is 1. The van der Waals surface area contributed by atoms with Gasteiger partial charge in [-0.15, -0.1) is 0 Å². The number of amides is 1. The quantitative estimate of drug-likeness (QED) is 0.820. The van der Waals surface area contributed by atoms with E-state index in [1.807, 2.05) is 18.2 Å². The van der Waals surface area contributed by atoms with Crippen molar-refractivity contribution in [2.75, 3.05) is 12.4 Å². The molecule has 2 bridgehead atoms.